The van der Waals surface area contributed by atoms with Crippen LogP contribution in [0.3, 0.4) is 0 Å². The normalized spacial score (nSPS) is 13.1. The monoisotopic (exact) mass is 496 g/mol. The molecule has 0 fully saturated rings. The second-order valence-electron chi connectivity index (χ2n) is 6.62. The van der Waals surface area contributed by atoms with Crippen molar-refractivity contribution in [2.75, 3.05) is 0 Å². The summed E-state index contributed by atoms with van der Waals surface area (Å²) in [6.07, 6.45) is -7.43. The second-order valence-corrected chi connectivity index (χ2v) is 6.62. The topological polar surface area (TPSA) is 94.8 Å². The van der Waals surface area contributed by atoms with Crippen molar-refractivity contribution in [2.45, 2.75) is 31.9 Å². The predicted octanol–water partition coefficient (Wildman–Crippen LogP) is 4.19. The molecule has 0 bridgehead atoms. The highest BCUT2D eigenvalue weighted by Gasteiger charge is 2.37. The fourth-order valence-electron chi connectivity index (χ4n) is 2.71. The van der Waals surface area contributed by atoms with Crippen LogP contribution in [0.5, 0.6) is 5.75 Å². The molecule has 1 aromatic carbocycles. The number of halogens is 8. The van der Waals surface area contributed by atoms with Crippen LogP contribution in [-0.2, 0) is 12.4 Å². The van der Waals surface area contributed by atoms with Crippen LogP contribution >= 0.6 is 0 Å². The van der Waals surface area contributed by atoms with Crippen molar-refractivity contribution in [2.24, 2.45) is 0 Å². The summed E-state index contributed by atoms with van der Waals surface area (Å²) in [5.74, 6) is -1.85. The van der Waals surface area contributed by atoms with Gasteiger partial charge in [-0.3, -0.25) is 4.79 Å². The largest absolute Gasteiger partial charge is 0.432 e. The van der Waals surface area contributed by atoms with Crippen LogP contribution in [0.25, 0.3) is 5.95 Å². The van der Waals surface area contributed by atoms with E-state index in [0.717, 1.165) is 23.4 Å². The zero-order chi connectivity index (χ0) is 25.3. The van der Waals surface area contributed by atoms with E-state index in [-0.39, 0.29) is 35.7 Å². The molecule has 0 aliphatic heterocycles. The molecule has 0 aliphatic carbocycles. The molecule has 182 valence electrons. The minimum Gasteiger partial charge on any atom is -0.432 e. The molecule has 2 heterocycles. The fraction of sp³-hybridized carbons (Fsp3) is 0.278. The number of carbonyl (C=O) groups is 1. The zero-order valence-electron chi connectivity index (χ0n) is 16.7. The summed E-state index contributed by atoms with van der Waals surface area (Å²) in [7, 11) is 0. The first kappa shape index (κ1) is 24.8. The average molecular weight is 496 g/mol. The summed E-state index contributed by atoms with van der Waals surface area (Å²) in [6, 6.07) is -0.630. The standard InChI is InChI=1S/C18H12F8N6O2/c1-8(13-29-7-30-32(13)16-27-5-12(6-28-16)34-15(19)20)31-14(33)9-2-10(17(21,22)23)4-11(3-9)18(24,25)26/h2-8,15H,1H3,(H,31,33). The SMILES string of the molecule is CC(NC(=O)c1cc(C(F)(F)F)cc(C(F)(F)F)c1)c1ncnn1-c1ncc(OC(F)F)cn1. The van der Waals surface area contributed by atoms with Gasteiger partial charge in [-0.1, -0.05) is 0 Å². The number of nitrogens with one attached hydrogen (secondary N) is 1. The van der Waals surface area contributed by atoms with Crippen molar-refractivity contribution in [3.8, 4) is 11.7 Å². The van der Waals surface area contributed by atoms with E-state index in [2.05, 4.69) is 30.1 Å². The van der Waals surface area contributed by atoms with Gasteiger partial charge in [0.25, 0.3) is 11.9 Å². The molecule has 0 radical (unpaired) electrons. The fourth-order valence-corrected chi connectivity index (χ4v) is 2.71. The van der Waals surface area contributed by atoms with Crippen molar-refractivity contribution in [3.05, 3.63) is 59.4 Å². The van der Waals surface area contributed by atoms with E-state index < -0.39 is 47.6 Å². The molecule has 1 atom stereocenters. The van der Waals surface area contributed by atoms with Gasteiger partial charge in [0.05, 0.1) is 29.6 Å². The lowest BCUT2D eigenvalue weighted by Crippen LogP contribution is -2.29. The van der Waals surface area contributed by atoms with E-state index in [1.54, 1.807) is 0 Å². The van der Waals surface area contributed by atoms with Gasteiger partial charge in [0.2, 0.25) is 0 Å². The highest BCUT2D eigenvalue weighted by molar-refractivity contribution is 5.94. The molecule has 1 amide bonds. The Labute approximate surface area is 184 Å². The lowest BCUT2D eigenvalue weighted by atomic mass is 10.0. The Kier molecular flexibility index (Phi) is 6.70. The van der Waals surface area contributed by atoms with Crippen LogP contribution in [0.4, 0.5) is 35.1 Å². The summed E-state index contributed by atoms with van der Waals surface area (Å²) in [5.41, 5.74) is -4.18. The Morgan fingerprint density at radius 3 is 2.03 bits per heavy atom. The Morgan fingerprint density at radius 2 is 1.53 bits per heavy atom. The number of ether oxygens (including phenoxy) is 1. The number of amides is 1. The molecule has 16 heteroatoms. The van der Waals surface area contributed by atoms with Crippen molar-refractivity contribution < 1.29 is 44.7 Å². The maximum absolute atomic E-state index is 13.0. The molecule has 3 rings (SSSR count). The highest BCUT2D eigenvalue weighted by Crippen LogP contribution is 2.36. The molecule has 1 N–H and O–H groups in total. The van der Waals surface area contributed by atoms with Crippen LogP contribution in [0.15, 0.2) is 36.9 Å². The Morgan fingerprint density at radius 1 is 0.971 bits per heavy atom. The summed E-state index contributed by atoms with van der Waals surface area (Å²) in [4.78, 5) is 23.9. The van der Waals surface area contributed by atoms with Crippen LogP contribution in [0, 0.1) is 0 Å². The zero-order valence-corrected chi connectivity index (χ0v) is 16.7. The van der Waals surface area contributed by atoms with Crippen LogP contribution < -0.4 is 10.1 Å². The maximum Gasteiger partial charge on any atom is 0.416 e. The first-order valence-corrected chi connectivity index (χ1v) is 9.03. The number of carbonyl (C=O) groups excluding carboxylic acids is 1. The van der Waals surface area contributed by atoms with Crippen LogP contribution in [0.2, 0.25) is 0 Å². The van der Waals surface area contributed by atoms with Crippen molar-refractivity contribution in [1.82, 2.24) is 30.0 Å². The summed E-state index contributed by atoms with van der Waals surface area (Å²) < 4.78 is 108. The third-order valence-electron chi connectivity index (χ3n) is 4.19. The van der Waals surface area contributed by atoms with Gasteiger partial charge in [0.15, 0.2) is 11.6 Å². The first-order valence-electron chi connectivity index (χ1n) is 9.03. The molecular formula is C18H12F8N6O2. The third-order valence-corrected chi connectivity index (χ3v) is 4.19. The smallest absolute Gasteiger partial charge is 0.416 e. The van der Waals surface area contributed by atoms with Crippen molar-refractivity contribution >= 4 is 5.91 Å². The molecule has 0 aliphatic rings. The highest BCUT2D eigenvalue weighted by atomic mass is 19.4. The molecule has 2 aromatic heterocycles. The van der Waals surface area contributed by atoms with E-state index in [1.807, 2.05) is 0 Å². The van der Waals surface area contributed by atoms with Gasteiger partial charge < -0.3 is 10.1 Å². The van der Waals surface area contributed by atoms with Crippen LogP contribution in [0.1, 0.15) is 40.3 Å². The Balaban J connectivity index is 1.86. The summed E-state index contributed by atoms with van der Waals surface area (Å²) >= 11 is 0. The van der Waals surface area contributed by atoms with Gasteiger partial charge in [-0.05, 0) is 25.1 Å². The van der Waals surface area contributed by atoms with Gasteiger partial charge in [-0.25, -0.2) is 15.0 Å². The molecule has 0 spiro atoms. The summed E-state index contributed by atoms with van der Waals surface area (Å²) in [5, 5.41) is 6.04. The number of hydrogen-bond acceptors (Lipinski definition) is 6. The van der Waals surface area contributed by atoms with E-state index >= 15 is 0 Å². The Bertz CT molecular complexity index is 1130. The number of aromatic nitrogens is 5. The number of rotatable bonds is 6. The van der Waals surface area contributed by atoms with Crippen LogP contribution in [-0.4, -0.2) is 37.3 Å². The molecule has 0 saturated carbocycles. The Hall–Kier alpha value is -3.85. The molecule has 1 unspecified atom stereocenters. The third kappa shape index (κ3) is 5.74. The lowest BCUT2D eigenvalue weighted by Gasteiger charge is -2.17. The number of alkyl halides is 8. The lowest BCUT2D eigenvalue weighted by molar-refractivity contribution is -0.143. The van der Waals surface area contributed by atoms with Gasteiger partial charge in [-0.2, -0.15) is 44.9 Å². The number of hydrogen-bond donors (Lipinski definition) is 1. The van der Waals surface area contributed by atoms with Gasteiger partial charge >= 0.3 is 19.0 Å². The van der Waals surface area contributed by atoms with Gasteiger partial charge in [-0.15, -0.1) is 0 Å². The quantitative estimate of drug-likeness (QED) is 0.515. The van der Waals surface area contributed by atoms with Crippen molar-refractivity contribution in [1.29, 1.82) is 0 Å². The molecule has 34 heavy (non-hydrogen) atoms. The maximum atomic E-state index is 13.0. The molecule has 0 saturated heterocycles. The first-order chi connectivity index (χ1) is 15.8. The molecular weight excluding hydrogens is 484 g/mol. The van der Waals surface area contributed by atoms with E-state index in [4.69, 9.17) is 0 Å². The van der Waals surface area contributed by atoms with Gasteiger partial charge in [0.1, 0.15) is 6.33 Å². The predicted molar refractivity (Wildman–Crippen MR) is 95.9 cm³/mol. The minimum atomic E-state index is -5.13. The molecule has 8 nitrogen and oxygen atoms in total. The minimum absolute atomic E-state index is 0.0566. The van der Waals surface area contributed by atoms with E-state index in [1.165, 1.54) is 6.92 Å². The number of nitrogens with zero attached hydrogens (tertiary/aromatic N) is 5. The van der Waals surface area contributed by atoms with E-state index in [9.17, 15) is 39.9 Å². The summed E-state index contributed by atoms with van der Waals surface area (Å²) in [6.45, 7) is -1.79. The average Bonchev–Trinajstić information content (AvgIpc) is 3.22. The molecule has 3 aromatic rings. The van der Waals surface area contributed by atoms with E-state index in [0.29, 0.717) is 0 Å². The number of benzene rings is 1. The second kappa shape index (κ2) is 9.18. The van der Waals surface area contributed by atoms with Gasteiger partial charge in [0, 0.05) is 5.56 Å². The van der Waals surface area contributed by atoms with Crippen molar-refractivity contribution in [3.63, 3.8) is 0 Å².